The first-order chi connectivity index (χ1) is 10.7. The van der Waals surface area contributed by atoms with E-state index in [-0.39, 0.29) is 31.1 Å². The van der Waals surface area contributed by atoms with E-state index >= 15 is 0 Å². The molecule has 1 N–H and O–H groups in total. The molecule has 0 aliphatic heterocycles. The number of rotatable bonds is 9. The number of carbonyl (C=O) groups is 1. The van der Waals surface area contributed by atoms with Crippen molar-refractivity contribution in [1.82, 2.24) is 9.99 Å². The third-order valence-corrected chi connectivity index (χ3v) is 7.81. The molecule has 6 nitrogen and oxygen atoms in total. The Bertz CT molecular complexity index is 468. The summed E-state index contributed by atoms with van der Waals surface area (Å²) in [4.78, 5) is 37.3. The van der Waals surface area contributed by atoms with Crippen LogP contribution in [-0.4, -0.2) is 47.7 Å². The molecule has 0 unspecified atom stereocenters. The molecule has 0 spiro atoms. The van der Waals surface area contributed by atoms with E-state index in [1.807, 2.05) is 0 Å². The maximum absolute atomic E-state index is 13.3. The van der Waals surface area contributed by atoms with E-state index in [0.717, 1.165) is 0 Å². The summed E-state index contributed by atoms with van der Waals surface area (Å²) in [6, 6.07) is 1.10. The predicted octanol–water partition coefficient (Wildman–Crippen LogP) is 1.11. The van der Waals surface area contributed by atoms with Gasteiger partial charge in [-0.05, 0) is 0 Å². The SMILES string of the molecule is CC(C)N(C(C)C)P([O-])([O-])(CCC#N)CCCNC(=O)C(F)(F)F. The molecule has 142 valence electrons. The summed E-state index contributed by atoms with van der Waals surface area (Å²) in [7, 11) is -4.96. The number of nitriles is 1. The first-order valence-corrected chi connectivity index (χ1v) is 10.1. The van der Waals surface area contributed by atoms with E-state index in [1.165, 1.54) is 4.67 Å². The molecule has 0 heterocycles. The van der Waals surface area contributed by atoms with E-state index in [4.69, 9.17) is 5.26 Å². The van der Waals surface area contributed by atoms with Gasteiger partial charge in [-0.15, -0.1) is 0 Å². The van der Waals surface area contributed by atoms with Gasteiger partial charge >= 0.3 is 140 Å². The fourth-order valence-corrected chi connectivity index (χ4v) is 7.00. The quantitative estimate of drug-likeness (QED) is 0.483. The van der Waals surface area contributed by atoms with Gasteiger partial charge in [0.1, 0.15) is 0 Å². The number of nitrogens with zero attached hydrogens (tertiary/aromatic N) is 2. The van der Waals surface area contributed by atoms with Gasteiger partial charge in [-0.1, -0.05) is 0 Å². The van der Waals surface area contributed by atoms with Crippen LogP contribution in [0.2, 0.25) is 0 Å². The van der Waals surface area contributed by atoms with Crippen molar-refractivity contribution >= 4 is 13.1 Å². The number of alkyl halides is 3. The summed E-state index contributed by atoms with van der Waals surface area (Å²) in [6.07, 6.45) is -6.12. The zero-order valence-electron chi connectivity index (χ0n) is 14.4. The first kappa shape index (κ1) is 23.1. The fourth-order valence-electron chi connectivity index (χ4n) is 2.93. The molecule has 24 heavy (non-hydrogen) atoms. The molecule has 0 bridgehead atoms. The Hall–Kier alpha value is -0.940. The molecule has 0 fully saturated rings. The molecule has 0 aliphatic carbocycles. The number of hydrogen-bond donors (Lipinski definition) is 1. The van der Waals surface area contributed by atoms with Gasteiger partial charge in [0.05, 0.1) is 0 Å². The molecule has 10 heteroatoms. The molecule has 0 aromatic heterocycles. The van der Waals surface area contributed by atoms with E-state index in [9.17, 15) is 27.8 Å². The van der Waals surface area contributed by atoms with Crippen molar-refractivity contribution in [1.29, 1.82) is 5.26 Å². The van der Waals surface area contributed by atoms with Crippen LogP contribution < -0.4 is 15.1 Å². The van der Waals surface area contributed by atoms with Crippen LogP contribution in [0.1, 0.15) is 40.5 Å². The van der Waals surface area contributed by atoms with Crippen molar-refractivity contribution < 1.29 is 27.8 Å². The Morgan fingerprint density at radius 3 is 2.08 bits per heavy atom. The van der Waals surface area contributed by atoms with E-state index in [1.54, 1.807) is 39.1 Å². The van der Waals surface area contributed by atoms with Crippen molar-refractivity contribution in [2.24, 2.45) is 0 Å². The second-order valence-corrected chi connectivity index (χ2v) is 10.2. The second-order valence-electron chi connectivity index (χ2n) is 6.29. The maximum atomic E-state index is 13.3. The average molecular weight is 371 g/mol. The van der Waals surface area contributed by atoms with Gasteiger partial charge in [0, 0.05) is 0 Å². The second kappa shape index (κ2) is 8.43. The molecule has 0 saturated heterocycles. The van der Waals surface area contributed by atoms with Crippen molar-refractivity contribution in [3.63, 3.8) is 0 Å². The molecule has 0 aromatic rings. The molecular weight excluding hydrogens is 346 g/mol. The van der Waals surface area contributed by atoms with E-state index in [2.05, 4.69) is 0 Å². The zero-order chi connectivity index (χ0) is 19.2. The molecule has 0 rings (SSSR count). The van der Waals surface area contributed by atoms with Gasteiger partial charge in [0.25, 0.3) is 0 Å². The van der Waals surface area contributed by atoms with Crippen molar-refractivity contribution in [2.45, 2.75) is 58.8 Å². The number of halogens is 3. The summed E-state index contributed by atoms with van der Waals surface area (Å²) >= 11 is 0. The number of carbonyl (C=O) groups excluding carboxylic acids is 1. The Labute approximate surface area is 140 Å². The van der Waals surface area contributed by atoms with Gasteiger partial charge in [-0.3, -0.25) is 0 Å². The topological polar surface area (TPSA) is 102 Å². The number of amides is 1. The van der Waals surface area contributed by atoms with Gasteiger partial charge in [-0.25, -0.2) is 0 Å². The molecule has 0 saturated carbocycles. The normalized spacial score (nSPS) is 14.5. The fraction of sp³-hybridized carbons (Fsp3) is 0.857. The minimum atomic E-state index is -5.00. The molecule has 1 amide bonds. The molecule has 0 aliphatic rings. The van der Waals surface area contributed by atoms with Gasteiger partial charge in [0.15, 0.2) is 0 Å². The van der Waals surface area contributed by atoms with Crippen LogP contribution in [-0.2, 0) is 4.79 Å². The summed E-state index contributed by atoms with van der Waals surface area (Å²) in [5, 5.41) is 10.4. The van der Waals surface area contributed by atoms with Gasteiger partial charge in [0.2, 0.25) is 0 Å². The van der Waals surface area contributed by atoms with Crippen LogP contribution in [0.4, 0.5) is 13.2 Å². The first-order valence-electron chi connectivity index (χ1n) is 7.73. The van der Waals surface area contributed by atoms with E-state index < -0.39 is 32.0 Å². The van der Waals surface area contributed by atoms with Crippen LogP contribution in [0.3, 0.4) is 0 Å². The van der Waals surface area contributed by atoms with Crippen LogP contribution in [0.5, 0.6) is 0 Å². The Balaban J connectivity index is 5.11. The predicted molar refractivity (Wildman–Crippen MR) is 82.7 cm³/mol. The van der Waals surface area contributed by atoms with Crippen LogP contribution in [0.25, 0.3) is 0 Å². The minimum absolute atomic E-state index is 0.159. The van der Waals surface area contributed by atoms with Crippen LogP contribution >= 0.6 is 7.21 Å². The summed E-state index contributed by atoms with van der Waals surface area (Å²) < 4.78 is 37.7. The molecule has 0 atom stereocenters. The summed E-state index contributed by atoms with van der Waals surface area (Å²) in [5.41, 5.74) is 0. The number of nitrogens with one attached hydrogen (secondary N) is 1. The van der Waals surface area contributed by atoms with Gasteiger partial charge < -0.3 is 0 Å². The van der Waals surface area contributed by atoms with Crippen molar-refractivity contribution in [2.75, 3.05) is 18.9 Å². The van der Waals surface area contributed by atoms with Gasteiger partial charge in [-0.2, -0.15) is 0 Å². The monoisotopic (exact) mass is 371 g/mol. The molecule has 0 radical (unpaired) electrons. The summed E-state index contributed by atoms with van der Waals surface area (Å²) in [6.45, 7) is 6.41. The molecular formula is C14H25F3N3O3P-2. The third-order valence-electron chi connectivity index (χ3n) is 3.56. The van der Waals surface area contributed by atoms with Crippen LogP contribution in [0, 0.1) is 11.3 Å². The van der Waals surface area contributed by atoms with E-state index in [0.29, 0.717) is 0 Å². The number of hydrogen-bond acceptors (Lipinski definition) is 5. The zero-order valence-corrected chi connectivity index (χ0v) is 15.3. The van der Waals surface area contributed by atoms with Crippen LogP contribution in [0.15, 0.2) is 0 Å². The van der Waals surface area contributed by atoms with Crippen molar-refractivity contribution in [3.8, 4) is 6.07 Å². The Morgan fingerprint density at radius 1 is 1.21 bits per heavy atom. The Morgan fingerprint density at radius 2 is 1.71 bits per heavy atom. The van der Waals surface area contributed by atoms with Crippen molar-refractivity contribution in [3.05, 3.63) is 0 Å². The average Bonchev–Trinajstić information content (AvgIpc) is 2.39. The summed E-state index contributed by atoms with van der Waals surface area (Å²) in [5.74, 6) is -2.10. The molecule has 0 aromatic carbocycles. The third kappa shape index (κ3) is 6.52. The Kier molecular flexibility index (Phi) is 8.10. The standard InChI is InChI=1S/C14H25F3N3O3P/c1-11(2)20(12(3)4)24(22,23,9-5-7-18)10-6-8-19-13(21)14(15,16)17/h11-12H,5-6,8-10H2,1-4H3,(H,19,21)/q-2.